The maximum Gasteiger partial charge on any atom is 0.227 e. The van der Waals surface area contributed by atoms with Crippen molar-refractivity contribution >= 4 is 16.8 Å². The number of amides is 1. The highest BCUT2D eigenvalue weighted by Crippen LogP contribution is 2.26. The summed E-state index contributed by atoms with van der Waals surface area (Å²) in [5.74, 6) is 0.285. The number of rotatable bonds is 7. The third-order valence-corrected chi connectivity index (χ3v) is 5.43. The lowest BCUT2D eigenvalue weighted by atomic mass is 10.1. The molecule has 0 bridgehead atoms. The molecule has 1 heterocycles. The second-order valence-electron chi connectivity index (χ2n) is 7.46. The Kier molecular flexibility index (Phi) is 5.79. The molecule has 0 radical (unpaired) electrons. The van der Waals surface area contributed by atoms with Gasteiger partial charge in [-0.05, 0) is 45.5 Å². The largest absolute Gasteiger partial charge is 0.347 e. The van der Waals surface area contributed by atoms with Gasteiger partial charge < -0.3 is 14.4 Å². The molecular formula is C21H31N3O. The molecule has 1 amide bonds. The molecule has 0 unspecified atom stereocenters. The van der Waals surface area contributed by atoms with Crippen LogP contribution in [0, 0.1) is 0 Å². The van der Waals surface area contributed by atoms with E-state index >= 15 is 0 Å². The van der Waals surface area contributed by atoms with Crippen LogP contribution in [0.1, 0.15) is 38.2 Å². The van der Waals surface area contributed by atoms with E-state index in [1.807, 2.05) is 0 Å². The summed E-state index contributed by atoms with van der Waals surface area (Å²) in [6.07, 6.45) is 7.52. The second kappa shape index (κ2) is 8.05. The van der Waals surface area contributed by atoms with E-state index in [1.165, 1.54) is 23.7 Å². The number of carbonyl (C=O) groups is 1. The number of para-hydroxylation sites is 1. The van der Waals surface area contributed by atoms with Gasteiger partial charge in [0.25, 0.3) is 0 Å². The van der Waals surface area contributed by atoms with Crippen molar-refractivity contribution < 1.29 is 4.79 Å². The normalized spacial score (nSPS) is 15.4. The van der Waals surface area contributed by atoms with Crippen molar-refractivity contribution in [1.29, 1.82) is 0 Å². The van der Waals surface area contributed by atoms with E-state index in [2.05, 4.69) is 65.8 Å². The molecule has 0 atom stereocenters. The number of nitrogens with zero attached hydrogens (tertiary/aromatic N) is 3. The third kappa shape index (κ3) is 4.06. The second-order valence-corrected chi connectivity index (χ2v) is 7.46. The number of carbonyl (C=O) groups excluding carboxylic acids is 1. The van der Waals surface area contributed by atoms with Gasteiger partial charge in [-0.25, -0.2) is 0 Å². The first-order valence-electron chi connectivity index (χ1n) is 9.61. The molecule has 0 aliphatic heterocycles. The van der Waals surface area contributed by atoms with Gasteiger partial charge in [-0.3, -0.25) is 4.79 Å². The van der Waals surface area contributed by atoms with Crippen molar-refractivity contribution in [2.24, 2.45) is 0 Å². The maximum absolute atomic E-state index is 13.2. The highest BCUT2D eigenvalue weighted by molar-refractivity contribution is 5.89. The fraction of sp³-hybridized carbons (Fsp3) is 0.571. The molecule has 1 aromatic carbocycles. The van der Waals surface area contributed by atoms with E-state index in [-0.39, 0.29) is 5.91 Å². The highest BCUT2D eigenvalue weighted by Gasteiger charge is 2.27. The molecule has 2 aromatic rings. The van der Waals surface area contributed by atoms with Crippen LogP contribution in [-0.2, 0) is 17.8 Å². The summed E-state index contributed by atoms with van der Waals surface area (Å²) in [6, 6.07) is 8.86. The number of hydrogen-bond acceptors (Lipinski definition) is 2. The van der Waals surface area contributed by atoms with Gasteiger partial charge in [-0.1, -0.05) is 31.0 Å². The Balaban J connectivity index is 1.80. The predicted octanol–water partition coefficient (Wildman–Crippen LogP) is 3.54. The number of benzene rings is 1. The Morgan fingerprint density at radius 1 is 1.16 bits per heavy atom. The molecule has 1 aliphatic rings. The number of fused-ring (bicyclic) bond motifs is 1. The first-order valence-corrected chi connectivity index (χ1v) is 9.61. The lowest BCUT2D eigenvalue weighted by Gasteiger charge is -2.30. The molecule has 4 heteroatoms. The fourth-order valence-electron chi connectivity index (χ4n) is 4.02. The summed E-state index contributed by atoms with van der Waals surface area (Å²) in [5, 5.41) is 1.22. The Morgan fingerprint density at radius 2 is 1.88 bits per heavy atom. The molecule has 1 fully saturated rings. The summed E-state index contributed by atoms with van der Waals surface area (Å²) < 4.78 is 2.25. The summed E-state index contributed by atoms with van der Waals surface area (Å²) in [7, 11) is 4.15. The third-order valence-electron chi connectivity index (χ3n) is 5.43. The predicted molar refractivity (Wildman–Crippen MR) is 104 cm³/mol. The van der Waals surface area contributed by atoms with Gasteiger partial charge in [0.05, 0.1) is 6.42 Å². The zero-order chi connectivity index (χ0) is 17.8. The van der Waals surface area contributed by atoms with Crippen molar-refractivity contribution in [2.75, 3.05) is 27.2 Å². The van der Waals surface area contributed by atoms with Gasteiger partial charge in [0, 0.05) is 42.8 Å². The Bertz CT molecular complexity index is 713. The van der Waals surface area contributed by atoms with Crippen molar-refractivity contribution in [2.45, 2.75) is 51.6 Å². The number of likely N-dealkylation sites (N-methyl/N-ethyl adjacent to an activating group) is 1. The van der Waals surface area contributed by atoms with Gasteiger partial charge in [0.1, 0.15) is 0 Å². The first kappa shape index (κ1) is 18.0. The summed E-state index contributed by atoms with van der Waals surface area (Å²) >= 11 is 0. The average Bonchev–Trinajstić information content (AvgIpc) is 3.23. The van der Waals surface area contributed by atoms with Crippen LogP contribution in [-0.4, -0.2) is 53.5 Å². The topological polar surface area (TPSA) is 28.5 Å². The SMILES string of the molecule is CCn1cc(CC(=O)N(CCN(C)C)C2CCCC2)c2ccccc21. The van der Waals surface area contributed by atoms with Crippen molar-refractivity contribution in [3.8, 4) is 0 Å². The van der Waals surface area contributed by atoms with E-state index in [4.69, 9.17) is 0 Å². The van der Waals surface area contributed by atoms with Gasteiger partial charge in [0.2, 0.25) is 5.91 Å². The Labute approximate surface area is 151 Å². The summed E-state index contributed by atoms with van der Waals surface area (Å²) in [6.45, 7) is 4.85. The molecule has 1 aromatic heterocycles. The van der Waals surface area contributed by atoms with E-state index in [0.717, 1.165) is 38.0 Å². The van der Waals surface area contributed by atoms with Gasteiger partial charge >= 0.3 is 0 Å². The van der Waals surface area contributed by atoms with Crippen LogP contribution in [0.25, 0.3) is 10.9 Å². The van der Waals surface area contributed by atoms with Crippen molar-refractivity contribution in [3.63, 3.8) is 0 Å². The van der Waals surface area contributed by atoms with Crippen LogP contribution in [0.2, 0.25) is 0 Å². The minimum atomic E-state index is 0.285. The zero-order valence-corrected chi connectivity index (χ0v) is 15.9. The van der Waals surface area contributed by atoms with Gasteiger partial charge in [-0.15, -0.1) is 0 Å². The van der Waals surface area contributed by atoms with E-state index in [0.29, 0.717) is 12.5 Å². The molecule has 1 saturated carbocycles. The molecule has 1 aliphatic carbocycles. The number of hydrogen-bond donors (Lipinski definition) is 0. The van der Waals surface area contributed by atoms with E-state index < -0.39 is 0 Å². The lowest BCUT2D eigenvalue weighted by molar-refractivity contribution is -0.132. The molecule has 0 N–H and O–H groups in total. The van der Waals surface area contributed by atoms with Gasteiger partial charge in [-0.2, -0.15) is 0 Å². The molecule has 0 saturated heterocycles. The Morgan fingerprint density at radius 3 is 2.56 bits per heavy atom. The van der Waals surface area contributed by atoms with Crippen LogP contribution in [0.4, 0.5) is 0 Å². The quantitative estimate of drug-likeness (QED) is 0.771. The molecule has 25 heavy (non-hydrogen) atoms. The smallest absolute Gasteiger partial charge is 0.227 e. The average molecular weight is 341 g/mol. The Hall–Kier alpha value is -1.81. The monoisotopic (exact) mass is 341 g/mol. The highest BCUT2D eigenvalue weighted by atomic mass is 16.2. The van der Waals surface area contributed by atoms with Crippen molar-refractivity contribution in [1.82, 2.24) is 14.4 Å². The molecule has 136 valence electrons. The zero-order valence-electron chi connectivity index (χ0n) is 15.9. The number of aryl methyl sites for hydroxylation is 1. The van der Waals surface area contributed by atoms with Crippen LogP contribution in [0.15, 0.2) is 30.5 Å². The van der Waals surface area contributed by atoms with E-state index in [9.17, 15) is 4.79 Å². The summed E-state index contributed by atoms with van der Waals surface area (Å²) in [5.41, 5.74) is 2.39. The van der Waals surface area contributed by atoms with Crippen molar-refractivity contribution in [3.05, 3.63) is 36.0 Å². The number of aromatic nitrogens is 1. The summed E-state index contributed by atoms with van der Waals surface area (Å²) in [4.78, 5) is 17.5. The first-order chi connectivity index (χ1) is 12.1. The standard InChI is InChI=1S/C21H31N3O/c1-4-23-16-17(19-11-7-8-12-20(19)23)15-21(25)24(14-13-22(2)3)18-9-5-6-10-18/h7-8,11-12,16,18H,4-6,9-10,13-15H2,1-3H3. The molecular weight excluding hydrogens is 310 g/mol. The van der Waals surface area contributed by atoms with E-state index in [1.54, 1.807) is 0 Å². The van der Waals surface area contributed by atoms with Crippen LogP contribution >= 0.6 is 0 Å². The maximum atomic E-state index is 13.2. The fourth-order valence-corrected chi connectivity index (χ4v) is 4.02. The lowest BCUT2D eigenvalue weighted by Crippen LogP contribution is -2.43. The molecule has 0 spiro atoms. The minimum absolute atomic E-state index is 0.285. The molecule has 3 rings (SSSR count). The van der Waals surface area contributed by atoms with Crippen LogP contribution < -0.4 is 0 Å². The van der Waals surface area contributed by atoms with Crippen LogP contribution in [0.3, 0.4) is 0 Å². The molecule has 4 nitrogen and oxygen atoms in total. The van der Waals surface area contributed by atoms with Crippen LogP contribution in [0.5, 0.6) is 0 Å². The van der Waals surface area contributed by atoms with Gasteiger partial charge in [0.15, 0.2) is 0 Å². The minimum Gasteiger partial charge on any atom is -0.347 e.